The van der Waals surface area contributed by atoms with Crippen LogP contribution in [-0.2, 0) is 6.54 Å². The third-order valence-corrected chi connectivity index (χ3v) is 2.01. The fourth-order valence-corrected chi connectivity index (χ4v) is 1.12. The molecular weight excluding hydrogens is 188 g/mol. The number of allylic oxidation sites excluding steroid dienone is 4. The van der Waals surface area contributed by atoms with E-state index in [1.165, 1.54) is 0 Å². The van der Waals surface area contributed by atoms with Crippen LogP contribution < -0.4 is 0 Å². The Balaban J connectivity index is 2.95. The first-order valence-corrected chi connectivity index (χ1v) is 4.47. The maximum Gasteiger partial charge on any atom is 0.185 e. The van der Waals surface area contributed by atoms with Gasteiger partial charge in [0.1, 0.15) is 6.07 Å². The molecule has 0 aliphatic rings. The molecule has 1 aromatic rings. The summed E-state index contributed by atoms with van der Waals surface area (Å²) < 4.78 is 1.66. The van der Waals surface area contributed by atoms with E-state index in [0.29, 0.717) is 12.2 Å². The third-order valence-electron chi connectivity index (χ3n) is 2.01. The summed E-state index contributed by atoms with van der Waals surface area (Å²) in [6.45, 7) is 9.67. The fourth-order valence-electron chi connectivity index (χ4n) is 1.12. The van der Waals surface area contributed by atoms with E-state index < -0.39 is 0 Å². The highest BCUT2D eigenvalue weighted by molar-refractivity contribution is 5.26. The number of nitrogens with zero attached hydrogens (tertiary/aromatic N) is 4. The summed E-state index contributed by atoms with van der Waals surface area (Å²) >= 11 is 0. The van der Waals surface area contributed by atoms with Crippen LogP contribution in [0.4, 0.5) is 0 Å². The maximum absolute atomic E-state index is 8.71. The van der Waals surface area contributed by atoms with Gasteiger partial charge in [0.05, 0.1) is 12.2 Å². The topological polar surface area (TPSA) is 54.5 Å². The molecule has 0 saturated carbocycles. The molecule has 1 aromatic heterocycles. The summed E-state index contributed by atoms with van der Waals surface area (Å²) in [7, 11) is 0. The van der Waals surface area contributed by atoms with E-state index in [1.807, 2.05) is 19.1 Å². The summed E-state index contributed by atoms with van der Waals surface area (Å²) in [6.07, 6.45) is 5.27. The van der Waals surface area contributed by atoms with Crippen LogP contribution in [-0.4, -0.2) is 15.0 Å². The number of rotatable bonds is 4. The SMILES string of the molecule is C=C/C=C(\C=C)Cn1nnc(C#N)c1C. The Bertz CT molecular complexity index is 446. The molecule has 0 bridgehead atoms. The summed E-state index contributed by atoms with van der Waals surface area (Å²) in [5, 5.41) is 16.3. The zero-order chi connectivity index (χ0) is 11.3. The zero-order valence-electron chi connectivity index (χ0n) is 8.64. The van der Waals surface area contributed by atoms with Crippen molar-refractivity contribution in [1.29, 1.82) is 5.26 Å². The number of hydrogen-bond acceptors (Lipinski definition) is 3. The van der Waals surface area contributed by atoms with Gasteiger partial charge in [-0.15, -0.1) is 5.10 Å². The van der Waals surface area contributed by atoms with Crippen LogP contribution >= 0.6 is 0 Å². The number of hydrogen-bond donors (Lipinski definition) is 0. The predicted molar refractivity (Wildman–Crippen MR) is 58.0 cm³/mol. The monoisotopic (exact) mass is 200 g/mol. The van der Waals surface area contributed by atoms with Gasteiger partial charge in [-0.05, 0) is 12.5 Å². The average molecular weight is 200 g/mol. The van der Waals surface area contributed by atoms with E-state index in [-0.39, 0.29) is 0 Å². The Hall–Kier alpha value is -2.15. The quantitative estimate of drug-likeness (QED) is 0.696. The van der Waals surface area contributed by atoms with Gasteiger partial charge in [-0.3, -0.25) is 0 Å². The number of aromatic nitrogens is 3. The van der Waals surface area contributed by atoms with Crippen molar-refractivity contribution in [3.05, 3.63) is 48.3 Å². The van der Waals surface area contributed by atoms with Gasteiger partial charge in [0.2, 0.25) is 0 Å². The van der Waals surface area contributed by atoms with Crippen molar-refractivity contribution in [1.82, 2.24) is 15.0 Å². The lowest BCUT2D eigenvalue weighted by Gasteiger charge is -2.02. The second-order valence-electron chi connectivity index (χ2n) is 2.97. The van der Waals surface area contributed by atoms with Crippen molar-refractivity contribution in [2.24, 2.45) is 0 Å². The molecule has 0 radical (unpaired) electrons. The Morgan fingerprint density at radius 1 is 1.60 bits per heavy atom. The minimum Gasteiger partial charge on any atom is -0.244 e. The molecule has 0 unspecified atom stereocenters. The predicted octanol–water partition coefficient (Wildman–Crippen LogP) is 1.76. The minimum absolute atomic E-state index is 0.358. The van der Waals surface area contributed by atoms with Gasteiger partial charge in [0.25, 0.3) is 0 Å². The highest BCUT2D eigenvalue weighted by Crippen LogP contribution is 2.06. The molecule has 0 spiro atoms. The number of nitriles is 1. The Labute approximate surface area is 88.8 Å². The molecule has 0 aliphatic heterocycles. The lowest BCUT2D eigenvalue weighted by Crippen LogP contribution is -2.04. The van der Waals surface area contributed by atoms with Crippen molar-refractivity contribution in [2.75, 3.05) is 0 Å². The molecule has 4 heteroatoms. The zero-order valence-corrected chi connectivity index (χ0v) is 8.64. The smallest absolute Gasteiger partial charge is 0.185 e. The minimum atomic E-state index is 0.358. The van der Waals surface area contributed by atoms with Gasteiger partial charge < -0.3 is 0 Å². The molecule has 0 atom stereocenters. The summed E-state index contributed by atoms with van der Waals surface area (Å²) in [5.41, 5.74) is 2.09. The Morgan fingerprint density at radius 3 is 2.80 bits per heavy atom. The summed E-state index contributed by atoms with van der Waals surface area (Å²) in [4.78, 5) is 0. The molecule has 1 rings (SSSR count). The second-order valence-corrected chi connectivity index (χ2v) is 2.97. The molecule has 0 amide bonds. The van der Waals surface area contributed by atoms with Crippen LogP contribution in [0.5, 0.6) is 0 Å². The van der Waals surface area contributed by atoms with Crippen molar-refractivity contribution < 1.29 is 0 Å². The van der Waals surface area contributed by atoms with Crippen LogP contribution in [0.15, 0.2) is 37.0 Å². The van der Waals surface area contributed by atoms with E-state index in [4.69, 9.17) is 5.26 Å². The molecule has 15 heavy (non-hydrogen) atoms. The van der Waals surface area contributed by atoms with Crippen LogP contribution in [0.2, 0.25) is 0 Å². The first-order valence-electron chi connectivity index (χ1n) is 4.47. The van der Waals surface area contributed by atoms with E-state index in [1.54, 1.807) is 16.8 Å². The normalized spacial score (nSPS) is 10.8. The first kappa shape index (κ1) is 10.9. The van der Waals surface area contributed by atoms with E-state index in [9.17, 15) is 0 Å². The third kappa shape index (κ3) is 2.41. The van der Waals surface area contributed by atoms with Gasteiger partial charge in [0, 0.05) is 0 Å². The lowest BCUT2D eigenvalue weighted by molar-refractivity contribution is 0.633. The van der Waals surface area contributed by atoms with Gasteiger partial charge in [-0.2, -0.15) is 5.26 Å². The van der Waals surface area contributed by atoms with Gasteiger partial charge in [-0.1, -0.05) is 36.6 Å². The van der Waals surface area contributed by atoms with Crippen molar-refractivity contribution in [2.45, 2.75) is 13.5 Å². The molecule has 1 heterocycles. The molecule has 4 nitrogen and oxygen atoms in total. The largest absolute Gasteiger partial charge is 0.244 e. The van der Waals surface area contributed by atoms with Crippen LogP contribution in [0.1, 0.15) is 11.4 Å². The molecule has 0 saturated heterocycles. The highest BCUT2D eigenvalue weighted by atomic mass is 15.4. The Kier molecular flexibility index (Phi) is 3.58. The van der Waals surface area contributed by atoms with Gasteiger partial charge >= 0.3 is 0 Å². The van der Waals surface area contributed by atoms with E-state index in [2.05, 4.69) is 23.5 Å². The van der Waals surface area contributed by atoms with Gasteiger partial charge in [-0.25, -0.2) is 4.68 Å². The second kappa shape index (κ2) is 4.91. The van der Waals surface area contributed by atoms with E-state index >= 15 is 0 Å². The molecule has 76 valence electrons. The maximum atomic E-state index is 8.71. The van der Waals surface area contributed by atoms with Gasteiger partial charge in [0.15, 0.2) is 5.69 Å². The van der Waals surface area contributed by atoms with Crippen molar-refractivity contribution in [3.63, 3.8) is 0 Å². The van der Waals surface area contributed by atoms with E-state index in [0.717, 1.165) is 11.3 Å². The molecule has 0 fully saturated rings. The summed E-state index contributed by atoms with van der Waals surface area (Å²) in [5.74, 6) is 0. The fraction of sp³-hybridized carbons (Fsp3) is 0.182. The molecule has 0 N–H and O–H groups in total. The molecular formula is C11H12N4. The van der Waals surface area contributed by atoms with Crippen molar-refractivity contribution in [3.8, 4) is 6.07 Å². The first-order chi connectivity index (χ1) is 7.22. The van der Waals surface area contributed by atoms with Crippen LogP contribution in [0.25, 0.3) is 0 Å². The van der Waals surface area contributed by atoms with Crippen LogP contribution in [0.3, 0.4) is 0 Å². The Morgan fingerprint density at radius 2 is 2.33 bits per heavy atom. The molecule has 0 aromatic carbocycles. The molecule has 0 aliphatic carbocycles. The summed E-state index contributed by atoms with van der Waals surface area (Å²) in [6, 6.07) is 1.98. The average Bonchev–Trinajstić information content (AvgIpc) is 2.59. The lowest BCUT2D eigenvalue weighted by atomic mass is 10.2. The highest BCUT2D eigenvalue weighted by Gasteiger charge is 2.07. The van der Waals surface area contributed by atoms with Crippen LogP contribution in [0, 0.1) is 18.3 Å². The standard InChI is InChI=1S/C11H12N4/c1-4-6-10(5-2)8-15-9(3)11(7-12)13-14-15/h4-6H,1-2,8H2,3H3/b10-6+. The van der Waals surface area contributed by atoms with Crippen molar-refractivity contribution >= 4 is 0 Å².